The Bertz CT molecular complexity index is 384. The van der Waals surface area contributed by atoms with E-state index in [2.05, 4.69) is 62.0 Å². The Morgan fingerprint density at radius 1 is 1.17 bits per heavy atom. The minimum atomic E-state index is 0.717. The van der Waals surface area contributed by atoms with Gasteiger partial charge in [-0.1, -0.05) is 63.6 Å². The van der Waals surface area contributed by atoms with Crippen molar-refractivity contribution in [2.24, 2.45) is 0 Å². The normalized spacial score (nSPS) is 17.5. The first-order valence-electron chi connectivity index (χ1n) is 6.79. The minimum Gasteiger partial charge on any atom is -0.372 e. The number of hydrogen-bond acceptors (Lipinski definition) is 1. The number of rotatable bonds is 3. The number of alkyl halides is 1. The molecule has 1 aromatic rings. The summed E-state index contributed by atoms with van der Waals surface area (Å²) in [6.45, 7) is 0. The van der Waals surface area contributed by atoms with E-state index in [9.17, 15) is 0 Å². The third-order valence-electron chi connectivity index (χ3n) is 3.96. The molecule has 0 bridgehead atoms. The predicted molar refractivity (Wildman–Crippen MR) is 86.7 cm³/mol. The Balaban J connectivity index is 2.11. The number of hydrogen-bond donors (Lipinski definition) is 0. The van der Waals surface area contributed by atoms with Gasteiger partial charge in [0.05, 0.1) is 0 Å². The van der Waals surface area contributed by atoms with E-state index in [0.29, 0.717) is 6.04 Å². The molecule has 1 aliphatic carbocycles. The monoisotopic (exact) mass is 373 g/mol. The Labute approximate surface area is 127 Å². The molecule has 18 heavy (non-hydrogen) atoms. The van der Waals surface area contributed by atoms with Crippen LogP contribution in [0.3, 0.4) is 0 Å². The van der Waals surface area contributed by atoms with E-state index in [0.717, 1.165) is 5.33 Å². The zero-order valence-electron chi connectivity index (χ0n) is 11.0. The van der Waals surface area contributed by atoms with Crippen LogP contribution in [0.4, 0.5) is 5.69 Å². The van der Waals surface area contributed by atoms with Crippen molar-refractivity contribution in [2.45, 2.75) is 49.9 Å². The summed E-state index contributed by atoms with van der Waals surface area (Å²) in [7, 11) is 2.24. The van der Waals surface area contributed by atoms with Gasteiger partial charge in [-0.25, -0.2) is 0 Å². The van der Waals surface area contributed by atoms with Gasteiger partial charge >= 0.3 is 0 Å². The van der Waals surface area contributed by atoms with Gasteiger partial charge in [0, 0.05) is 28.6 Å². The summed E-state index contributed by atoms with van der Waals surface area (Å²) in [6, 6.07) is 7.42. The topological polar surface area (TPSA) is 3.24 Å². The lowest BCUT2D eigenvalue weighted by Gasteiger charge is -2.29. The predicted octanol–water partition coefficient (Wildman–Crippen LogP) is 5.50. The van der Waals surface area contributed by atoms with Crippen molar-refractivity contribution in [3.8, 4) is 0 Å². The van der Waals surface area contributed by atoms with Crippen LogP contribution < -0.4 is 4.90 Å². The van der Waals surface area contributed by atoms with Crippen molar-refractivity contribution in [3.63, 3.8) is 0 Å². The first-order chi connectivity index (χ1) is 8.72. The van der Waals surface area contributed by atoms with E-state index in [-0.39, 0.29) is 0 Å². The molecule has 0 spiro atoms. The Morgan fingerprint density at radius 3 is 2.39 bits per heavy atom. The van der Waals surface area contributed by atoms with E-state index in [1.807, 2.05) is 0 Å². The van der Waals surface area contributed by atoms with E-state index < -0.39 is 0 Å². The van der Waals surface area contributed by atoms with E-state index in [1.165, 1.54) is 54.2 Å². The van der Waals surface area contributed by atoms with Crippen LogP contribution in [0.2, 0.25) is 0 Å². The average Bonchev–Trinajstić information content (AvgIpc) is 2.66. The summed E-state index contributed by atoms with van der Waals surface area (Å²) in [6.07, 6.45) is 8.28. The van der Waals surface area contributed by atoms with E-state index >= 15 is 0 Å². The van der Waals surface area contributed by atoms with Gasteiger partial charge in [0.25, 0.3) is 0 Å². The van der Waals surface area contributed by atoms with Gasteiger partial charge in [0.15, 0.2) is 0 Å². The van der Waals surface area contributed by atoms with Crippen molar-refractivity contribution < 1.29 is 0 Å². The number of benzene rings is 1. The molecular formula is C15H21Br2N. The lowest BCUT2D eigenvalue weighted by molar-refractivity contribution is 0.553. The van der Waals surface area contributed by atoms with Crippen LogP contribution >= 0.6 is 31.9 Å². The van der Waals surface area contributed by atoms with Crippen molar-refractivity contribution in [3.05, 3.63) is 28.2 Å². The second-order valence-electron chi connectivity index (χ2n) is 5.17. The molecule has 100 valence electrons. The molecule has 0 heterocycles. The molecule has 1 fully saturated rings. The molecule has 0 aliphatic heterocycles. The summed E-state index contributed by atoms with van der Waals surface area (Å²) >= 11 is 7.17. The average molecular weight is 375 g/mol. The maximum Gasteiger partial charge on any atom is 0.0377 e. The van der Waals surface area contributed by atoms with Crippen molar-refractivity contribution >= 4 is 37.5 Å². The fourth-order valence-corrected chi connectivity index (χ4v) is 4.09. The SMILES string of the molecule is CN(c1ccc(CBr)c(Br)c1)C1CCCCCC1. The first-order valence-corrected chi connectivity index (χ1v) is 8.71. The minimum absolute atomic E-state index is 0.717. The molecule has 1 aromatic carbocycles. The fourth-order valence-electron chi connectivity index (χ4n) is 2.72. The van der Waals surface area contributed by atoms with Crippen molar-refractivity contribution in [1.29, 1.82) is 0 Å². The highest BCUT2D eigenvalue weighted by molar-refractivity contribution is 9.10. The van der Waals surface area contributed by atoms with Gasteiger partial charge in [0.1, 0.15) is 0 Å². The zero-order valence-corrected chi connectivity index (χ0v) is 14.1. The van der Waals surface area contributed by atoms with Gasteiger partial charge in [0.2, 0.25) is 0 Å². The summed E-state index contributed by atoms with van der Waals surface area (Å²) in [5, 5.41) is 0.904. The van der Waals surface area contributed by atoms with Crippen LogP contribution in [0.1, 0.15) is 44.1 Å². The molecule has 2 rings (SSSR count). The van der Waals surface area contributed by atoms with Gasteiger partial charge < -0.3 is 4.90 Å². The summed E-state index contributed by atoms with van der Waals surface area (Å²) in [5.41, 5.74) is 2.64. The van der Waals surface area contributed by atoms with Crippen LogP contribution in [0.5, 0.6) is 0 Å². The molecule has 1 aliphatic rings. The van der Waals surface area contributed by atoms with Crippen LogP contribution in [-0.2, 0) is 5.33 Å². The second kappa shape index (κ2) is 6.95. The molecule has 0 saturated heterocycles. The Hall–Kier alpha value is -0.0200. The zero-order chi connectivity index (χ0) is 13.0. The summed E-state index contributed by atoms with van der Waals surface area (Å²) in [4.78, 5) is 2.47. The summed E-state index contributed by atoms with van der Waals surface area (Å²) < 4.78 is 1.21. The lowest BCUT2D eigenvalue weighted by Crippen LogP contribution is -2.31. The third-order valence-corrected chi connectivity index (χ3v) is 5.30. The molecule has 0 N–H and O–H groups in total. The highest BCUT2D eigenvalue weighted by Crippen LogP contribution is 2.29. The first kappa shape index (κ1) is 14.4. The molecule has 0 aromatic heterocycles. The molecule has 3 heteroatoms. The highest BCUT2D eigenvalue weighted by Gasteiger charge is 2.17. The van der Waals surface area contributed by atoms with E-state index in [1.54, 1.807) is 0 Å². The fraction of sp³-hybridized carbons (Fsp3) is 0.600. The smallest absolute Gasteiger partial charge is 0.0377 e. The summed E-state index contributed by atoms with van der Waals surface area (Å²) in [5.74, 6) is 0. The lowest BCUT2D eigenvalue weighted by atomic mass is 10.1. The molecule has 0 radical (unpaired) electrons. The quantitative estimate of drug-likeness (QED) is 0.498. The van der Waals surface area contributed by atoms with Gasteiger partial charge in [-0.3, -0.25) is 0 Å². The van der Waals surface area contributed by atoms with Gasteiger partial charge in [-0.15, -0.1) is 0 Å². The third kappa shape index (κ3) is 3.51. The number of halogens is 2. The maximum atomic E-state index is 3.66. The number of nitrogens with zero attached hydrogens (tertiary/aromatic N) is 1. The number of anilines is 1. The van der Waals surface area contributed by atoms with Crippen LogP contribution in [-0.4, -0.2) is 13.1 Å². The molecule has 1 saturated carbocycles. The van der Waals surface area contributed by atoms with Crippen LogP contribution in [0.25, 0.3) is 0 Å². The molecule has 0 unspecified atom stereocenters. The van der Waals surface area contributed by atoms with Gasteiger partial charge in [-0.05, 0) is 30.5 Å². The molecule has 0 atom stereocenters. The van der Waals surface area contributed by atoms with Gasteiger partial charge in [-0.2, -0.15) is 0 Å². The largest absolute Gasteiger partial charge is 0.372 e. The molecule has 0 amide bonds. The van der Waals surface area contributed by atoms with Crippen LogP contribution in [0.15, 0.2) is 22.7 Å². The van der Waals surface area contributed by atoms with Crippen molar-refractivity contribution in [2.75, 3.05) is 11.9 Å². The second-order valence-corrected chi connectivity index (χ2v) is 6.58. The van der Waals surface area contributed by atoms with Crippen molar-refractivity contribution in [1.82, 2.24) is 0 Å². The van der Waals surface area contributed by atoms with Crippen LogP contribution in [0, 0.1) is 0 Å². The van der Waals surface area contributed by atoms with E-state index in [4.69, 9.17) is 0 Å². The molecule has 1 nitrogen and oxygen atoms in total. The maximum absolute atomic E-state index is 3.66. The standard InChI is InChI=1S/C15H21Br2N/c1-18(13-6-4-2-3-5-7-13)14-9-8-12(11-16)15(17)10-14/h8-10,13H,2-7,11H2,1H3. The Kier molecular flexibility index (Phi) is 5.56. The molecular weight excluding hydrogens is 354 g/mol. The highest BCUT2D eigenvalue weighted by atomic mass is 79.9. The Morgan fingerprint density at radius 2 is 1.83 bits per heavy atom.